The van der Waals surface area contributed by atoms with Gasteiger partial charge in [0.05, 0.1) is 0 Å². The van der Waals surface area contributed by atoms with E-state index < -0.39 is 5.97 Å². The Morgan fingerprint density at radius 2 is 1.89 bits per heavy atom. The van der Waals surface area contributed by atoms with E-state index in [1.54, 1.807) is 0 Å². The van der Waals surface area contributed by atoms with Gasteiger partial charge in [0.15, 0.2) is 0 Å². The molecule has 19 heavy (non-hydrogen) atoms. The Morgan fingerprint density at radius 1 is 1.26 bits per heavy atom. The Kier molecular flexibility index (Phi) is 3.24. The van der Waals surface area contributed by atoms with E-state index in [1.165, 1.54) is 16.7 Å². The highest BCUT2D eigenvalue weighted by atomic mass is 16.4. The standard InChI is InChI=1S/C17H24O2/c1-11-6-7-13-14(8-11)16(2,3)10-12(9-15(18)19)17(13,4)5/h6-8,12H,9-10H2,1-5H3,(H,18,19). The topological polar surface area (TPSA) is 37.3 Å². The third kappa shape index (κ3) is 2.41. The number of carbonyl (C=O) groups is 1. The quantitative estimate of drug-likeness (QED) is 0.871. The van der Waals surface area contributed by atoms with Gasteiger partial charge in [-0.2, -0.15) is 0 Å². The first kappa shape index (κ1) is 14.1. The number of rotatable bonds is 2. The molecule has 0 saturated heterocycles. The van der Waals surface area contributed by atoms with E-state index in [1.807, 2.05) is 0 Å². The van der Waals surface area contributed by atoms with Crippen molar-refractivity contribution in [3.8, 4) is 0 Å². The normalized spacial score (nSPS) is 23.7. The van der Waals surface area contributed by atoms with Gasteiger partial charge in [-0.1, -0.05) is 51.5 Å². The van der Waals surface area contributed by atoms with Crippen LogP contribution in [0.3, 0.4) is 0 Å². The van der Waals surface area contributed by atoms with Crippen molar-refractivity contribution in [1.29, 1.82) is 0 Å². The van der Waals surface area contributed by atoms with Crippen LogP contribution in [-0.2, 0) is 15.6 Å². The lowest BCUT2D eigenvalue weighted by Gasteiger charge is -2.47. The number of carboxylic acids is 1. The third-order valence-electron chi connectivity index (χ3n) is 4.80. The van der Waals surface area contributed by atoms with Gasteiger partial charge in [-0.15, -0.1) is 0 Å². The van der Waals surface area contributed by atoms with Crippen molar-refractivity contribution >= 4 is 5.97 Å². The Bertz CT molecular complexity index is 512. The second kappa shape index (κ2) is 4.36. The number of hydrogen-bond donors (Lipinski definition) is 1. The van der Waals surface area contributed by atoms with Gasteiger partial charge in [0.1, 0.15) is 0 Å². The second-order valence-electron chi connectivity index (χ2n) is 7.15. The minimum atomic E-state index is -0.690. The van der Waals surface area contributed by atoms with Gasteiger partial charge >= 0.3 is 5.97 Å². The Hall–Kier alpha value is -1.31. The van der Waals surface area contributed by atoms with Crippen LogP contribution in [0.2, 0.25) is 0 Å². The molecular weight excluding hydrogens is 236 g/mol. The van der Waals surface area contributed by atoms with Crippen LogP contribution in [0.1, 0.15) is 57.2 Å². The molecule has 1 aromatic rings. The van der Waals surface area contributed by atoms with E-state index in [0.717, 1.165) is 6.42 Å². The first-order valence-corrected chi connectivity index (χ1v) is 6.98. The Morgan fingerprint density at radius 3 is 2.47 bits per heavy atom. The maximum Gasteiger partial charge on any atom is 0.303 e. The fourth-order valence-corrected chi connectivity index (χ4v) is 3.52. The van der Waals surface area contributed by atoms with E-state index in [0.29, 0.717) is 0 Å². The molecule has 1 unspecified atom stereocenters. The molecule has 0 radical (unpaired) electrons. The van der Waals surface area contributed by atoms with Crippen LogP contribution in [0.5, 0.6) is 0 Å². The number of carboxylic acid groups (broad SMARTS) is 1. The van der Waals surface area contributed by atoms with Crippen LogP contribution in [0, 0.1) is 12.8 Å². The number of aliphatic carboxylic acids is 1. The highest BCUT2D eigenvalue weighted by molar-refractivity contribution is 5.67. The SMILES string of the molecule is Cc1ccc2c(c1)C(C)(C)CC(CC(=O)O)C2(C)C. The summed E-state index contributed by atoms with van der Waals surface area (Å²) in [5, 5.41) is 9.16. The van der Waals surface area contributed by atoms with Crippen molar-refractivity contribution in [2.75, 3.05) is 0 Å². The molecular formula is C17H24O2. The lowest BCUT2D eigenvalue weighted by atomic mass is 9.57. The molecule has 0 amide bonds. The lowest BCUT2D eigenvalue weighted by Crippen LogP contribution is -2.42. The number of benzene rings is 1. The molecule has 1 aliphatic carbocycles. The predicted molar refractivity (Wildman–Crippen MR) is 77.6 cm³/mol. The minimum Gasteiger partial charge on any atom is -0.481 e. The molecule has 1 aromatic carbocycles. The summed E-state index contributed by atoms with van der Waals surface area (Å²) in [6, 6.07) is 6.61. The molecule has 2 heteroatoms. The van der Waals surface area contributed by atoms with E-state index in [4.69, 9.17) is 5.11 Å². The molecule has 0 heterocycles. The highest BCUT2D eigenvalue weighted by Crippen LogP contribution is 2.50. The number of aryl methyl sites for hydroxylation is 1. The van der Waals surface area contributed by atoms with Gasteiger partial charge in [-0.25, -0.2) is 0 Å². The summed E-state index contributed by atoms with van der Waals surface area (Å²) < 4.78 is 0. The molecule has 1 aliphatic rings. The zero-order valence-electron chi connectivity index (χ0n) is 12.6. The van der Waals surface area contributed by atoms with Crippen LogP contribution in [0.4, 0.5) is 0 Å². The zero-order chi connectivity index (χ0) is 14.4. The molecule has 0 bridgehead atoms. The zero-order valence-corrected chi connectivity index (χ0v) is 12.6. The maximum atomic E-state index is 11.1. The van der Waals surface area contributed by atoms with Gasteiger partial charge in [0.25, 0.3) is 0 Å². The van der Waals surface area contributed by atoms with Crippen molar-refractivity contribution in [2.24, 2.45) is 5.92 Å². The van der Waals surface area contributed by atoms with Crippen LogP contribution in [-0.4, -0.2) is 11.1 Å². The van der Waals surface area contributed by atoms with Gasteiger partial charge in [-0.3, -0.25) is 4.79 Å². The summed E-state index contributed by atoms with van der Waals surface area (Å²) in [5.74, 6) is -0.500. The Labute approximate surface area is 115 Å². The average molecular weight is 260 g/mol. The highest BCUT2D eigenvalue weighted by Gasteiger charge is 2.44. The summed E-state index contributed by atoms with van der Waals surface area (Å²) in [4.78, 5) is 11.1. The smallest absolute Gasteiger partial charge is 0.303 e. The molecule has 0 aliphatic heterocycles. The first-order chi connectivity index (χ1) is 8.64. The van der Waals surface area contributed by atoms with E-state index >= 15 is 0 Å². The van der Waals surface area contributed by atoms with E-state index in [9.17, 15) is 4.79 Å². The van der Waals surface area contributed by atoms with Gasteiger partial charge < -0.3 is 5.11 Å². The summed E-state index contributed by atoms with van der Waals surface area (Å²) >= 11 is 0. The molecule has 0 spiro atoms. The van der Waals surface area contributed by atoms with Crippen LogP contribution >= 0.6 is 0 Å². The lowest BCUT2D eigenvalue weighted by molar-refractivity contribution is -0.139. The van der Waals surface area contributed by atoms with Gasteiger partial charge in [0.2, 0.25) is 0 Å². The summed E-state index contributed by atoms with van der Waals surface area (Å²) in [6.45, 7) is 10.9. The van der Waals surface area contributed by atoms with Crippen LogP contribution < -0.4 is 0 Å². The van der Waals surface area contributed by atoms with E-state index in [-0.39, 0.29) is 23.2 Å². The molecule has 2 rings (SSSR count). The van der Waals surface area contributed by atoms with Crippen molar-refractivity contribution < 1.29 is 9.90 Å². The monoisotopic (exact) mass is 260 g/mol. The number of hydrogen-bond acceptors (Lipinski definition) is 1. The Balaban J connectivity index is 2.55. The van der Waals surface area contributed by atoms with Crippen molar-refractivity contribution in [3.63, 3.8) is 0 Å². The largest absolute Gasteiger partial charge is 0.481 e. The van der Waals surface area contributed by atoms with Crippen molar-refractivity contribution in [2.45, 2.75) is 58.3 Å². The van der Waals surface area contributed by atoms with Crippen LogP contribution in [0.15, 0.2) is 18.2 Å². The second-order valence-corrected chi connectivity index (χ2v) is 7.15. The molecule has 0 saturated carbocycles. The summed E-state index contributed by atoms with van der Waals surface area (Å²) in [6.07, 6.45) is 1.19. The van der Waals surface area contributed by atoms with Crippen molar-refractivity contribution in [3.05, 3.63) is 34.9 Å². The maximum absolute atomic E-state index is 11.1. The molecule has 0 fully saturated rings. The third-order valence-corrected chi connectivity index (χ3v) is 4.80. The first-order valence-electron chi connectivity index (χ1n) is 6.98. The van der Waals surface area contributed by atoms with Gasteiger partial charge in [-0.05, 0) is 41.2 Å². The van der Waals surface area contributed by atoms with Gasteiger partial charge in [0, 0.05) is 6.42 Å². The molecule has 1 atom stereocenters. The van der Waals surface area contributed by atoms with Crippen LogP contribution in [0.25, 0.3) is 0 Å². The summed E-state index contributed by atoms with van der Waals surface area (Å²) in [7, 11) is 0. The van der Waals surface area contributed by atoms with E-state index in [2.05, 4.69) is 52.8 Å². The molecule has 2 nitrogen and oxygen atoms in total. The molecule has 1 N–H and O–H groups in total. The molecule has 0 aromatic heterocycles. The fourth-order valence-electron chi connectivity index (χ4n) is 3.52. The average Bonchev–Trinajstić information content (AvgIpc) is 2.25. The number of fused-ring (bicyclic) bond motifs is 1. The molecule has 104 valence electrons. The fraction of sp³-hybridized carbons (Fsp3) is 0.588. The summed E-state index contributed by atoms with van der Waals surface area (Å²) in [5.41, 5.74) is 3.97. The van der Waals surface area contributed by atoms with Crippen molar-refractivity contribution in [1.82, 2.24) is 0 Å². The minimum absolute atomic E-state index is 0.0526. The predicted octanol–water partition coefficient (Wildman–Crippen LogP) is 4.04.